The molecule has 0 radical (unpaired) electrons. The van der Waals surface area contributed by atoms with Crippen molar-refractivity contribution in [1.29, 1.82) is 0 Å². The molecule has 0 aliphatic rings. The van der Waals surface area contributed by atoms with E-state index in [0.29, 0.717) is 11.6 Å². The molecule has 2 rings (SSSR count). The van der Waals surface area contributed by atoms with Crippen LogP contribution in [0, 0.1) is 24.7 Å². The van der Waals surface area contributed by atoms with Crippen molar-refractivity contribution in [3.8, 4) is 0 Å². The summed E-state index contributed by atoms with van der Waals surface area (Å²) < 4.78 is 3.56. The lowest BCUT2D eigenvalue weighted by molar-refractivity contribution is 0.0838. The monoisotopic (exact) mass is 376 g/mol. The minimum absolute atomic E-state index is 0. The molecule has 0 atom stereocenters. The first-order valence-corrected chi connectivity index (χ1v) is 8.74. The molecule has 0 unspecified atom stereocenters. The lowest BCUT2D eigenvalue weighted by Gasteiger charge is -2.15. The number of Topliss-reactive ketones (excluding diaryl/α,β-unsaturated/α-hetero) is 2. The average Bonchev–Trinajstić information content (AvgIpc) is 2.97. The van der Waals surface area contributed by atoms with Crippen molar-refractivity contribution in [1.82, 2.24) is 19.1 Å². The predicted octanol–water partition coefficient (Wildman–Crippen LogP) is 4.55. The number of imidazole rings is 2. The standard InChI is InChI=1S/2C10H16N2O.CH4/c2*1-7-6-12(5)9(11-7)8(13)10(2,3)4;/h2*6H,1-5H3;1H4. The summed E-state index contributed by atoms with van der Waals surface area (Å²) in [6.45, 7) is 15.2. The Labute approximate surface area is 164 Å². The predicted molar refractivity (Wildman–Crippen MR) is 110 cm³/mol. The fourth-order valence-electron chi connectivity index (χ4n) is 2.33. The Hall–Kier alpha value is -2.24. The molecule has 152 valence electrons. The van der Waals surface area contributed by atoms with Crippen molar-refractivity contribution in [2.24, 2.45) is 24.9 Å². The first-order chi connectivity index (χ1) is 11.6. The summed E-state index contributed by atoms with van der Waals surface area (Å²) in [5, 5.41) is 0. The van der Waals surface area contributed by atoms with Crippen LogP contribution in [-0.4, -0.2) is 30.7 Å². The number of hydrogen-bond acceptors (Lipinski definition) is 4. The van der Waals surface area contributed by atoms with Gasteiger partial charge in [0.2, 0.25) is 11.6 Å². The molecule has 2 aromatic heterocycles. The summed E-state index contributed by atoms with van der Waals surface area (Å²) in [4.78, 5) is 32.0. The fraction of sp³-hybridized carbons (Fsp3) is 0.619. The van der Waals surface area contributed by atoms with Gasteiger partial charge in [-0.15, -0.1) is 0 Å². The molecule has 0 fully saturated rings. The summed E-state index contributed by atoms with van der Waals surface area (Å²) in [6, 6.07) is 0. The number of carbonyl (C=O) groups is 2. The van der Waals surface area contributed by atoms with Crippen LogP contribution in [0.2, 0.25) is 0 Å². The summed E-state index contributed by atoms with van der Waals surface area (Å²) >= 11 is 0. The minimum atomic E-state index is -0.356. The molecule has 27 heavy (non-hydrogen) atoms. The third kappa shape index (κ3) is 6.45. The SMILES string of the molecule is C.Cc1cn(C)c(C(=O)C(C)(C)C)n1.Cc1cn(C)c(C(=O)C(C)(C)C)n1. The molecule has 0 saturated heterocycles. The number of aryl methyl sites for hydroxylation is 4. The van der Waals surface area contributed by atoms with Crippen LogP contribution in [0.3, 0.4) is 0 Å². The van der Waals surface area contributed by atoms with Gasteiger partial charge < -0.3 is 9.13 Å². The highest BCUT2D eigenvalue weighted by Gasteiger charge is 2.27. The first-order valence-electron chi connectivity index (χ1n) is 8.74. The quantitative estimate of drug-likeness (QED) is 0.721. The van der Waals surface area contributed by atoms with Gasteiger partial charge in [0.1, 0.15) is 0 Å². The van der Waals surface area contributed by atoms with Gasteiger partial charge in [0.15, 0.2) is 11.6 Å². The molecular weight excluding hydrogens is 340 g/mol. The van der Waals surface area contributed by atoms with Crippen LogP contribution < -0.4 is 0 Å². The van der Waals surface area contributed by atoms with Crippen molar-refractivity contribution >= 4 is 11.6 Å². The van der Waals surface area contributed by atoms with E-state index in [-0.39, 0.29) is 29.8 Å². The van der Waals surface area contributed by atoms with Crippen LogP contribution in [0.1, 0.15) is 81.6 Å². The molecule has 0 N–H and O–H groups in total. The van der Waals surface area contributed by atoms with Gasteiger partial charge in [-0.2, -0.15) is 0 Å². The van der Waals surface area contributed by atoms with E-state index >= 15 is 0 Å². The number of hydrogen-bond donors (Lipinski definition) is 0. The normalized spacial score (nSPS) is 11.3. The molecule has 0 saturated carbocycles. The Morgan fingerprint density at radius 1 is 0.741 bits per heavy atom. The Morgan fingerprint density at radius 2 is 1.00 bits per heavy atom. The van der Waals surface area contributed by atoms with E-state index in [9.17, 15) is 9.59 Å². The van der Waals surface area contributed by atoms with Gasteiger partial charge in [0, 0.05) is 37.3 Å². The first kappa shape index (κ1) is 24.8. The largest absolute Gasteiger partial charge is 0.331 e. The second-order valence-electron chi connectivity index (χ2n) is 8.79. The number of nitrogens with zero attached hydrogens (tertiary/aromatic N) is 4. The second-order valence-corrected chi connectivity index (χ2v) is 8.79. The van der Waals surface area contributed by atoms with Crippen molar-refractivity contribution in [2.75, 3.05) is 0 Å². The van der Waals surface area contributed by atoms with Gasteiger partial charge in [0.25, 0.3) is 0 Å². The third-order valence-electron chi connectivity index (χ3n) is 3.76. The molecule has 2 heterocycles. The Kier molecular flexibility index (Phi) is 7.92. The van der Waals surface area contributed by atoms with Crippen LogP contribution in [0.4, 0.5) is 0 Å². The van der Waals surface area contributed by atoms with E-state index in [1.54, 1.807) is 9.13 Å². The van der Waals surface area contributed by atoms with Gasteiger partial charge in [-0.3, -0.25) is 9.59 Å². The Balaban J connectivity index is 0.000000483. The molecule has 0 bridgehead atoms. The third-order valence-corrected chi connectivity index (χ3v) is 3.76. The van der Waals surface area contributed by atoms with Gasteiger partial charge in [0.05, 0.1) is 11.4 Å². The number of rotatable bonds is 2. The molecule has 0 spiro atoms. The highest BCUT2D eigenvalue weighted by molar-refractivity contribution is 5.97. The van der Waals surface area contributed by atoms with Crippen molar-refractivity contribution in [3.05, 3.63) is 35.4 Å². The van der Waals surface area contributed by atoms with Crippen LogP contribution in [0.5, 0.6) is 0 Å². The van der Waals surface area contributed by atoms with Gasteiger partial charge in [-0.05, 0) is 13.8 Å². The lowest BCUT2D eigenvalue weighted by Crippen LogP contribution is -2.23. The fourth-order valence-corrected chi connectivity index (χ4v) is 2.33. The van der Waals surface area contributed by atoms with E-state index in [0.717, 1.165) is 11.4 Å². The molecule has 0 aliphatic heterocycles. The summed E-state index contributed by atoms with van der Waals surface area (Å²) in [5.74, 6) is 1.27. The zero-order valence-electron chi connectivity index (χ0n) is 17.8. The topological polar surface area (TPSA) is 69.8 Å². The molecule has 6 nitrogen and oxygen atoms in total. The number of carbonyl (C=O) groups excluding carboxylic acids is 2. The minimum Gasteiger partial charge on any atom is -0.331 e. The van der Waals surface area contributed by atoms with Crippen LogP contribution in [0.15, 0.2) is 12.4 Å². The summed E-state index contributed by atoms with van der Waals surface area (Å²) in [5.41, 5.74) is 1.06. The van der Waals surface area contributed by atoms with Crippen molar-refractivity contribution < 1.29 is 9.59 Å². The Bertz CT molecular complexity index is 731. The van der Waals surface area contributed by atoms with E-state index in [2.05, 4.69) is 9.97 Å². The zero-order chi connectivity index (χ0) is 20.4. The summed E-state index contributed by atoms with van der Waals surface area (Å²) in [6.07, 6.45) is 3.72. The highest BCUT2D eigenvalue weighted by Crippen LogP contribution is 2.20. The Morgan fingerprint density at radius 3 is 1.15 bits per heavy atom. The molecule has 0 aromatic carbocycles. The maximum absolute atomic E-state index is 11.8. The molecule has 0 aliphatic carbocycles. The van der Waals surface area contributed by atoms with E-state index < -0.39 is 0 Å². The number of aromatic nitrogens is 4. The van der Waals surface area contributed by atoms with E-state index in [1.165, 1.54) is 0 Å². The van der Waals surface area contributed by atoms with E-state index in [4.69, 9.17) is 0 Å². The lowest BCUT2D eigenvalue weighted by atomic mass is 9.90. The van der Waals surface area contributed by atoms with Gasteiger partial charge in [-0.1, -0.05) is 49.0 Å². The zero-order valence-corrected chi connectivity index (χ0v) is 17.8. The molecule has 2 aromatic rings. The maximum atomic E-state index is 11.8. The highest BCUT2D eigenvalue weighted by atomic mass is 16.1. The maximum Gasteiger partial charge on any atom is 0.203 e. The average molecular weight is 377 g/mol. The summed E-state index contributed by atoms with van der Waals surface area (Å²) in [7, 11) is 3.69. The van der Waals surface area contributed by atoms with Crippen LogP contribution in [0.25, 0.3) is 0 Å². The van der Waals surface area contributed by atoms with Crippen LogP contribution >= 0.6 is 0 Å². The van der Waals surface area contributed by atoms with E-state index in [1.807, 2.05) is 81.9 Å². The van der Waals surface area contributed by atoms with Crippen molar-refractivity contribution in [2.45, 2.75) is 62.8 Å². The molecule has 0 amide bonds. The second kappa shape index (κ2) is 8.63. The number of ketones is 2. The van der Waals surface area contributed by atoms with Crippen LogP contribution in [-0.2, 0) is 14.1 Å². The molecular formula is C21H36N4O2. The van der Waals surface area contributed by atoms with Gasteiger partial charge in [-0.25, -0.2) is 9.97 Å². The smallest absolute Gasteiger partial charge is 0.203 e. The van der Waals surface area contributed by atoms with Crippen molar-refractivity contribution in [3.63, 3.8) is 0 Å². The van der Waals surface area contributed by atoms with Gasteiger partial charge >= 0.3 is 0 Å². The molecule has 6 heteroatoms.